The van der Waals surface area contributed by atoms with Crippen LogP contribution in [-0.4, -0.2) is 24.0 Å². The Balaban J connectivity index is 3.13. The molecule has 0 bridgehead atoms. The minimum atomic E-state index is -0.695. The minimum Gasteiger partial charge on any atom is -0.360 e. The number of aromatic nitrogens is 1. The van der Waals surface area contributed by atoms with Crippen LogP contribution in [0.2, 0.25) is 0 Å². The van der Waals surface area contributed by atoms with Gasteiger partial charge in [-0.05, 0) is 0 Å². The van der Waals surface area contributed by atoms with Crippen molar-refractivity contribution in [3.63, 3.8) is 0 Å². The molecular formula is C7H8FN3O2. The second-order valence-corrected chi connectivity index (χ2v) is 2.65. The molecule has 1 heterocycles. The first kappa shape index (κ1) is 9.37. The summed E-state index contributed by atoms with van der Waals surface area (Å²) in [5.41, 5.74) is -0.344. The molecule has 0 radical (unpaired) electrons. The normalized spacial score (nSPS) is 9.77. The first-order valence-electron chi connectivity index (χ1n) is 3.49. The smallest absolute Gasteiger partial charge is 0.290 e. The molecule has 0 spiro atoms. The molecule has 0 aromatic carbocycles. The van der Waals surface area contributed by atoms with E-state index >= 15 is 0 Å². The predicted molar refractivity (Wildman–Crippen MR) is 45.2 cm³/mol. The minimum absolute atomic E-state index is 0.0885. The van der Waals surface area contributed by atoms with Crippen molar-refractivity contribution in [1.29, 1.82) is 0 Å². The van der Waals surface area contributed by atoms with E-state index < -0.39 is 10.7 Å². The topological polar surface area (TPSA) is 59.3 Å². The van der Waals surface area contributed by atoms with Crippen LogP contribution in [0.25, 0.3) is 0 Å². The SMILES string of the molecule is CN(C)c1ncc([N+](=O)[O-])cc1F. The van der Waals surface area contributed by atoms with Gasteiger partial charge in [-0.2, -0.15) is 0 Å². The van der Waals surface area contributed by atoms with Gasteiger partial charge in [-0.1, -0.05) is 0 Å². The first-order valence-corrected chi connectivity index (χ1v) is 3.49. The van der Waals surface area contributed by atoms with Crippen LogP contribution in [0.1, 0.15) is 0 Å². The number of hydrogen-bond donors (Lipinski definition) is 0. The van der Waals surface area contributed by atoms with Gasteiger partial charge < -0.3 is 4.90 Å². The zero-order chi connectivity index (χ0) is 10.0. The van der Waals surface area contributed by atoms with Crippen LogP contribution in [0.4, 0.5) is 15.9 Å². The molecule has 0 aliphatic carbocycles. The molecule has 0 saturated carbocycles. The summed E-state index contributed by atoms with van der Waals surface area (Å²) in [7, 11) is 3.22. The van der Waals surface area contributed by atoms with Crippen LogP contribution in [0, 0.1) is 15.9 Å². The first-order chi connectivity index (χ1) is 6.02. The summed E-state index contributed by atoms with van der Waals surface area (Å²) < 4.78 is 13.1. The highest BCUT2D eigenvalue weighted by atomic mass is 19.1. The summed E-state index contributed by atoms with van der Waals surface area (Å²) in [6.07, 6.45) is 1.03. The number of nitrogens with zero attached hydrogens (tertiary/aromatic N) is 3. The quantitative estimate of drug-likeness (QED) is 0.513. The Hall–Kier alpha value is -1.72. The lowest BCUT2D eigenvalue weighted by Gasteiger charge is -2.10. The molecule has 6 heteroatoms. The fourth-order valence-corrected chi connectivity index (χ4v) is 0.850. The standard InChI is InChI=1S/C7H8FN3O2/c1-10(2)7-6(8)3-5(4-9-7)11(12)13/h3-4H,1-2H3. The molecule has 0 saturated heterocycles. The average Bonchev–Trinajstić information content (AvgIpc) is 2.03. The van der Waals surface area contributed by atoms with Gasteiger partial charge in [0.25, 0.3) is 5.69 Å². The maximum Gasteiger partial charge on any atom is 0.290 e. The second kappa shape index (κ2) is 3.34. The summed E-state index contributed by atoms with van der Waals surface area (Å²) in [6.45, 7) is 0. The van der Waals surface area contributed by atoms with Crippen molar-refractivity contribution in [3.8, 4) is 0 Å². The van der Waals surface area contributed by atoms with E-state index in [-0.39, 0.29) is 11.5 Å². The molecule has 0 atom stereocenters. The zero-order valence-electron chi connectivity index (χ0n) is 7.19. The lowest BCUT2D eigenvalue weighted by molar-refractivity contribution is -0.385. The van der Waals surface area contributed by atoms with E-state index in [0.717, 1.165) is 12.3 Å². The number of halogens is 1. The molecule has 1 rings (SSSR count). The van der Waals surface area contributed by atoms with Crippen LogP contribution in [0.5, 0.6) is 0 Å². The van der Waals surface area contributed by atoms with Crippen LogP contribution in [0.3, 0.4) is 0 Å². The Morgan fingerprint density at radius 2 is 2.23 bits per heavy atom. The maximum atomic E-state index is 13.1. The van der Waals surface area contributed by atoms with Gasteiger partial charge in [0.05, 0.1) is 11.0 Å². The van der Waals surface area contributed by atoms with Crippen LogP contribution in [-0.2, 0) is 0 Å². The summed E-state index contributed by atoms with van der Waals surface area (Å²) in [5, 5.41) is 10.2. The van der Waals surface area contributed by atoms with Crippen molar-refractivity contribution in [1.82, 2.24) is 4.98 Å². The molecule has 0 unspecified atom stereocenters. The zero-order valence-corrected chi connectivity index (χ0v) is 7.19. The van der Waals surface area contributed by atoms with Gasteiger partial charge in [0.15, 0.2) is 11.6 Å². The average molecular weight is 185 g/mol. The summed E-state index contributed by atoms with van der Waals surface area (Å²) in [4.78, 5) is 14.6. The number of pyridine rings is 1. The van der Waals surface area contributed by atoms with Crippen LogP contribution in [0.15, 0.2) is 12.3 Å². The Bertz CT molecular complexity index is 341. The van der Waals surface area contributed by atoms with E-state index in [1.165, 1.54) is 4.90 Å². The number of hydrogen-bond acceptors (Lipinski definition) is 4. The molecule has 1 aromatic rings. The third kappa shape index (κ3) is 1.90. The Labute approximate surface area is 74.0 Å². The maximum absolute atomic E-state index is 13.1. The molecule has 0 N–H and O–H groups in total. The molecule has 0 fully saturated rings. The van der Waals surface area contributed by atoms with Crippen molar-refractivity contribution in [2.24, 2.45) is 0 Å². The van der Waals surface area contributed by atoms with Crippen molar-refractivity contribution in [2.45, 2.75) is 0 Å². The van der Waals surface area contributed by atoms with E-state index in [9.17, 15) is 14.5 Å². The van der Waals surface area contributed by atoms with Crippen LogP contribution < -0.4 is 4.90 Å². The monoisotopic (exact) mass is 185 g/mol. The lowest BCUT2D eigenvalue weighted by Crippen LogP contribution is -2.12. The van der Waals surface area contributed by atoms with Gasteiger partial charge in [-0.15, -0.1) is 0 Å². The third-order valence-corrected chi connectivity index (χ3v) is 1.44. The highest BCUT2D eigenvalue weighted by molar-refractivity contribution is 5.43. The van der Waals surface area contributed by atoms with Gasteiger partial charge in [-0.3, -0.25) is 10.1 Å². The van der Waals surface area contributed by atoms with Crippen molar-refractivity contribution in [2.75, 3.05) is 19.0 Å². The fraction of sp³-hybridized carbons (Fsp3) is 0.286. The summed E-state index contributed by atoms with van der Waals surface area (Å²) in [5.74, 6) is -0.607. The highest BCUT2D eigenvalue weighted by Crippen LogP contribution is 2.18. The molecule has 0 aliphatic heterocycles. The molecule has 0 aliphatic rings. The van der Waals surface area contributed by atoms with E-state index in [2.05, 4.69) is 4.98 Å². The summed E-state index contributed by atoms with van der Waals surface area (Å²) >= 11 is 0. The number of nitro groups is 1. The van der Waals surface area contributed by atoms with Crippen molar-refractivity contribution < 1.29 is 9.31 Å². The molecular weight excluding hydrogens is 177 g/mol. The van der Waals surface area contributed by atoms with Crippen molar-refractivity contribution >= 4 is 11.5 Å². The second-order valence-electron chi connectivity index (χ2n) is 2.65. The number of anilines is 1. The molecule has 13 heavy (non-hydrogen) atoms. The largest absolute Gasteiger partial charge is 0.360 e. The molecule has 70 valence electrons. The molecule has 5 nitrogen and oxygen atoms in total. The Morgan fingerprint density at radius 3 is 2.62 bits per heavy atom. The van der Waals surface area contributed by atoms with E-state index in [4.69, 9.17) is 0 Å². The van der Waals surface area contributed by atoms with E-state index in [1.54, 1.807) is 14.1 Å². The van der Waals surface area contributed by atoms with Gasteiger partial charge in [0.2, 0.25) is 0 Å². The van der Waals surface area contributed by atoms with Crippen molar-refractivity contribution in [3.05, 3.63) is 28.2 Å². The summed E-state index contributed by atoms with van der Waals surface area (Å²) in [6, 6.07) is 0.850. The molecule has 0 amide bonds. The molecule has 1 aromatic heterocycles. The van der Waals surface area contributed by atoms with E-state index in [0.29, 0.717) is 0 Å². The lowest BCUT2D eigenvalue weighted by atomic mass is 10.4. The van der Waals surface area contributed by atoms with Gasteiger partial charge >= 0.3 is 0 Å². The van der Waals surface area contributed by atoms with E-state index in [1.807, 2.05) is 0 Å². The Morgan fingerprint density at radius 1 is 1.62 bits per heavy atom. The fourth-order valence-electron chi connectivity index (χ4n) is 0.850. The predicted octanol–water partition coefficient (Wildman–Crippen LogP) is 1.19. The Kier molecular flexibility index (Phi) is 2.41. The highest BCUT2D eigenvalue weighted by Gasteiger charge is 2.12. The third-order valence-electron chi connectivity index (χ3n) is 1.44. The van der Waals surface area contributed by atoms with Gasteiger partial charge in [0.1, 0.15) is 6.20 Å². The van der Waals surface area contributed by atoms with Gasteiger partial charge in [-0.25, -0.2) is 9.37 Å². The van der Waals surface area contributed by atoms with Gasteiger partial charge in [0, 0.05) is 14.1 Å². The number of rotatable bonds is 2. The van der Waals surface area contributed by atoms with Crippen LogP contribution >= 0.6 is 0 Å².